The Hall–Kier alpha value is -2.26. The number of nitriles is 1. The van der Waals surface area contributed by atoms with Crippen LogP contribution in [0.3, 0.4) is 0 Å². The van der Waals surface area contributed by atoms with Crippen molar-refractivity contribution >= 4 is 0 Å². The molecule has 0 aliphatic heterocycles. The number of nitrogens with one attached hydrogen (secondary N) is 1. The zero-order valence-electron chi connectivity index (χ0n) is 10.8. The first-order valence-electron chi connectivity index (χ1n) is 5.95. The molecular weight excluding hydrogens is 245 g/mol. The largest absolute Gasteiger partial charge is 0.309 e. The van der Waals surface area contributed by atoms with E-state index in [0.29, 0.717) is 18.3 Å². The molecule has 5 nitrogen and oxygen atoms in total. The Bertz CT molecular complexity index is 612. The molecule has 0 atom stereocenters. The Morgan fingerprint density at radius 1 is 1.47 bits per heavy atom. The van der Waals surface area contributed by atoms with Gasteiger partial charge in [-0.3, -0.25) is 0 Å². The van der Waals surface area contributed by atoms with Crippen molar-refractivity contribution in [3.8, 4) is 11.8 Å². The Morgan fingerprint density at radius 3 is 2.95 bits per heavy atom. The fourth-order valence-electron chi connectivity index (χ4n) is 1.63. The molecule has 0 aliphatic carbocycles. The van der Waals surface area contributed by atoms with E-state index in [9.17, 15) is 4.39 Å². The van der Waals surface area contributed by atoms with Crippen LogP contribution in [0.4, 0.5) is 4.39 Å². The second-order valence-electron chi connectivity index (χ2n) is 4.45. The maximum Gasteiger partial charge on any atom is 0.141 e. The molecule has 1 N–H and O–H groups in total. The summed E-state index contributed by atoms with van der Waals surface area (Å²) in [6.07, 6.45) is 1.64. The molecule has 0 fully saturated rings. The van der Waals surface area contributed by atoms with Crippen LogP contribution in [0.15, 0.2) is 24.4 Å². The Kier molecular flexibility index (Phi) is 3.88. The Morgan fingerprint density at radius 2 is 2.26 bits per heavy atom. The Balaban J connectivity index is 2.32. The first-order chi connectivity index (χ1) is 9.11. The highest BCUT2D eigenvalue weighted by Crippen LogP contribution is 2.14. The molecule has 0 amide bonds. The van der Waals surface area contributed by atoms with E-state index in [2.05, 4.69) is 15.6 Å². The van der Waals surface area contributed by atoms with Crippen LogP contribution in [0.25, 0.3) is 5.69 Å². The van der Waals surface area contributed by atoms with E-state index in [4.69, 9.17) is 5.26 Å². The van der Waals surface area contributed by atoms with Crippen LogP contribution in [-0.4, -0.2) is 21.0 Å². The van der Waals surface area contributed by atoms with Gasteiger partial charge in [-0.25, -0.2) is 9.07 Å². The first-order valence-corrected chi connectivity index (χ1v) is 5.95. The van der Waals surface area contributed by atoms with Gasteiger partial charge in [0.15, 0.2) is 0 Å². The van der Waals surface area contributed by atoms with E-state index in [-0.39, 0.29) is 5.56 Å². The number of halogens is 1. The molecule has 1 heterocycles. The molecule has 2 aromatic rings. The van der Waals surface area contributed by atoms with Gasteiger partial charge < -0.3 is 5.32 Å². The smallest absolute Gasteiger partial charge is 0.141 e. The predicted octanol–water partition coefficient (Wildman–Crippen LogP) is 1.78. The van der Waals surface area contributed by atoms with Gasteiger partial charge in [0.05, 0.1) is 23.1 Å². The molecule has 1 aromatic carbocycles. The normalized spacial score (nSPS) is 10.7. The molecule has 98 valence electrons. The van der Waals surface area contributed by atoms with E-state index >= 15 is 0 Å². The molecule has 0 bridgehead atoms. The van der Waals surface area contributed by atoms with Gasteiger partial charge in [-0.05, 0) is 18.2 Å². The van der Waals surface area contributed by atoms with Crippen LogP contribution < -0.4 is 5.32 Å². The third kappa shape index (κ3) is 2.95. The third-order valence-corrected chi connectivity index (χ3v) is 2.63. The maximum atomic E-state index is 13.3. The van der Waals surface area contributed by atoms with Gasteiger partial charge in [-0.15, -0.1) is 5.10 Å². The summed E-state index contributed by atoms with van der Waals surface area (Å²) in [4.78, 5) is 0. The zero-order chi connectivity index (χ0) is 13.8. The maximum absolute atomic E-state index is 13.3. The molecule has 0 saturated heterocycles. The highest BCUT2D eigenvalue weighted by molar-refractivity contribution is 5.42. The van der Waals surface area contributed by atoms with Crippen molar-refractivity contribution < 1.29 is 4.39 Å². The number of nitrogens with zero attached hydrogens (tertiary/aromatic N) is 4. The fraction of sp³-hybridized carbons (Fsp3) is 0.308. The minimum atomic E-state index is -0.534. The van der Waals surface area contributed by atoms with Crippen LogP contribution >= 0.6 is 0 Å². The lowest BCUT2D eigenvalue weighted by Gasteiger charge is -2.10. The summed E-state index contributed by atoms with van der Waals surface area (Å²) in [6, 6.07) is 6.45. The summed E-state index contributed by atoms with van der Waals surface area (Å²) in [6.45, 7) is 4.68. The summed E-state index contributed by atoms with van der Waals surface area (Å²) >= 11 is 0. The summed E-state index contributed by atoms with van der Waals surface area (Å²) in [5.41, 5.74) is 1.47. The monoisotopic (exact) mass is 259 g/mol. The van der Waals surface area contributed by atoms with Gasteiger partial charge in [0.2, 0.25) is 0 Å². The van der Waals surface area contributed by atoms with Crippen molar-refractivity contribution in [2.24, 2.45) is 0 Å². The van der Waals surface area contributed by atoms with Gasteiger partial charge in [0.1, 0.15) is 11.9 Å². The molecule has 19 heavy (non-hydrogen) atoms. The molecule has 0 aliphatic rings. The lowest BCUT2D eigenvalue weighted by atomic mass is 10.2. The molecule has 2 rings (SSSR count). The van der Waals surface area contributed by atoms with Gasteiger partial charge in [-0.2, -0.15) is 5.26 Å². The second-order valence-corrected chi connectivity index (χ2v) is 4.45. The lowest BCUT2D eigenvalue weighted by molar-refractivity contribution is 0.570. The van der Waals surface area contributed by atoms with Crippen molar-refractivity contribution in [1.29, 1.82) is 5.26 Å². The summed E-state index contributed by atoms with van der Waals surface area (Å²) in [5, 5.41) is 19.9. The van der Waals surface area contributed by atoms with Gasteiger partial charge in [-0.1, -0.05) is 19.1 Å². The first kappa shape index (κ1) is 13.2. The average Bonchev–Trinajstić information content (AvgIpc) is 2.85. The number of aromatic nitrogens is 3. The number of benzene rings is 1. The SMILES string of the molecule is CC(C)NCc1cnnn1-c1ccc(F)c(C#N)c1. The fourth-order valence-corrected chi connectivity index (χ4v) is 1.63. The van der Waals surface area contributed by atoms with Crippen molar-refractivity contribution in [2.45, 2.75) is 26.4 Å². The molecule has 1 aromatic heterocycles. The van der Waals surface area contributed by atoms with E-state index in [1.807, 2.05) is 19.9 Å². The van der Waals surface area contributed by atoms with Crippen molar-refractivity contribution in [3.05, 3.63) is 41.5 Å². The Labute approximate surface area is 110 Å². The lowest BCUT2D eigenvalue weighted by Crippen LogP contribution is -2.23. The minimum Gasteiger partial charge on any atom is -0.309 e. The number of hydrogen-bond donors (Lipinski definition) is 1. The van der Waals surface area contributed by atoms with Gasteiger partial charge >= 0.3 is 0 Å². The molecular formula is C13H14FN5. The van der Waals surface area contributed by atoms with Crippen LogP contribution in [0, 0.1) is 17.1 Å². The number of hydrogen-bond acceptors (Lipinski definition) is 4. The topological polar surface area (TPSA) is 66.5 Å². The van der Waals surface area contributed by atoms with Gasteiger partial charge in [0.25, 0.3) is 0 Å². The quantitative estimate of drug-likeness (QED) is 0.908. The van der Waals surface area contributed by atoms with Crippen molar-refractivity contribution in [2.75, 3.05) is 0 Å². The molecule has 0 saturated carbocycles. The molecule has 0 unspecified atom stereocenters. The van der Waals surface area contributed by atoms with Crippen LogP contribution in [0.5, 0.6) is 0 Å². The van der Waals surface area contributed by atoms with E-state index in [1.165, 1.54) is 12.1 Å². The number of rotatable bonds is 4. The van der Waals surface area contributed by atoms with Gasteiger partial charge in [0, 0.05) is 12.6 Å². The van der Waals surface area contributed by atoms with Crippen molar-refractivity contribution in [3.63, 3.8) is 0 Å². The van der Waals surface area contributed by atoms with Crippen LogP contribution in [-0.2, 0) is 6.54 Å². The van der Waals surface area contributed by atoms with E-state index in [0.717, 1.165) is 5.69 Å². The summed E-state index contributed by atoms with van der Waals surface area (Å²) in [7, 11) is 0. The zero-order valence-corrected chi connectivity index (χ0v) is 10.8. The highest BCUT2D eigenvalue weighted by atomic mass is 19.1. The summed E-state index contributed by atoms with van der Waals surface area (Å²) < 4.78 is 14.9. The average molecular weight is 259 g/mol. The van der Waals surface area contributed by atoms with Crippen LogP contribution in [0.2, 0.25) is 0 Å². The predicted molar refractivity (Wildman–Crippen MR) is 68.0 cm³/mol. The molecule has 6 heteroatoms. The highest BCUT2D eigenvalue weighted by Gasteiger charge is 2.09. The van der Waals surface area contributed by atoms with E-state index < -0.39 is 5.82 Å². The van der Waals surface area contributed by atoms with Crippen LogP contribution in [0.1, 0.15) is 25.1 Å². The molecule has 0 spiro atoms. The van der Waals surface area contributed by atoms with E-state index in [1.54, 1.807) is 16.9 Å². The molecule has 0 radical (unpaired) electrons. The van der Waals surface area contributed by atoms with Crippen molar-refractivity contribution in [1.82, 2.24) is 20.3 Å². The standard InChI is InChI=1S/C13H14FN5/c1-9(2)16-7-12-8-17-18-19(12)11-3-4-13(14)10(5-11)6-15/h3-5,8-9,16H,7H2,1-2H3. The second kappa shape index (κ2) is 5.59. The minimum absolute atomic E-state index is 0.00392. The summed E-state index contributed by atoms with van der Waals surface area (Å²) in [5.74, 6) is -0.534. The third-order valence-electron chi connectivity index (χ3n) is 2.63.